The van der Waals surface area contributed by atoms with Gasteiger partial charge in [0.1, 0.15) is 11.6 Å². The van der Waals surface area contributed by atoms with Crippen LogP contribution in [0.2, 0.25) is 0 Å². The largest absolute Gasteiger partial charge is 0.496 e. The molecule has 1 fully saturated rings. The maximum Gasteiger partial charge on any atom is 0.296 e. The minimum Gasteiger partial charge on any atom is -0.496 e. The number of likely N-dealkylation sites (N-methyl/N-ethyl adjacent to an activating group) is 1. The number of aromatic nitrogens is 1. The normalized spacial score (nSPS) is 14.3. The van der Waals surface area contributed by atoms with Gasteiger partial charge in [-0.2, -0.15) is 0 Å². The minimum absolute atomic E-state index is 0.136. The maximum absolute atomic E-state index is 13.4. The predicted molar refractivity (Wildman–Crippen MR) is 122 cm³/mol. The van der Waals surface area contributed by atoms with Crippen molar-refractivity contribution >= 4 is 28.6 Å². The Morgan fingerprint density at radius 1 is 1.15 bits per heavy atom. The van der Waals surface area contributed by atoms with E-state index in [1.165, 1.54) is 45.5 Å². The van der Waals surface area contributed by atoms with E-state index in [0.29, 0.717) is 24.8 Å². The van der Waals surface area contributed by atoms with Crippen molar-refractivity contribution in [3.8, 4) is 5.75 Å². The highest BCUT2D eigenvalue weighted by atomic mass is 19.1. The summed E-state index contributed by atoms with van der Waals surface area (Å²) in [5.41, 5.74) is 1.47. The number of likely N-dealkylation sites (tertiary alicyclic amines) is 1. The van der Waals surface area contributed by atoms with Crippen LogP contribution in [0.25, 0.3) is 11.0 Å². The highest BCUT2D eigenvalue weighted by Gasteiger charge is 2.29. The van der Waals surface area contributed by atoms with Crippen molar-refractivity contribution in [2.75, 3.05) is 34.3 Å². The van der Waals surface area contributed by atoms with Gasteiger partial charge in [0.15, 0.2) is 11.3 Å². The van der Waals surface area contributed by atoms with Gasteiger partial charge in [-0.1, -0.05) is 17.3 Å². The summed E-state index contributed by atoms with van der Waals surface area (Å²) in [6.07, 6.45) is 2.48. The van der Waals surface area contributed by atoms with Crippen LogP contribution >= 0.6 is 0 Å². The molecule has 4 rings (SSSR count). The molecule has 3 aromatic rings. The highest BCUT2D eigenvalue weighted by molar-refractivity contribution is 6.44. The minimum atomic E-state index is -0.811. The standard InChI is InChI=1S/C25H26FN3O5/c1-28(2)25(32)23(30)22-18-13-19(20(33-3)14-21(18)34-27-22)24(31)29-10-8-16(9-11-29)12-15-4-6-17(26)7-5-15/h4-7,13-14,16H,8-12H2,1-3H3. The molecule has 0 spiro atoms. The number of Topliss-reactive ketones (excluding diaryl/α,β-unsaturated/α-hetero) is 1. The molecule has 8 nitrogen and oxygen atoms in total. The first-order chi connectivity index (χ1) is 16.3. The Bertz CT molecular complexity index is 1230. The second-order valence-corrected chi connectivity index (χ2v) is 8.67. The molecule has 0 atom stereocenters. The van der Waals surface area contributed by atoms with Crippen LogP contribution in [0.3, 0.4) is 0 Å². The Morgan fingerprint density at radius 2 is 1.82 bits per heavy atom. The fourth-order valence-electron chi connectivity index (χ4n) is 4.23. The molecular weight excluding hydrogens is 441 g/mol. The SMILES string of the molecule is COc1cc2onc(C(=O)C(=O)N(C)C)c2cc1C(=O)N1CCC(Cc2ccc(F)cc2)CC1. The number of methoxy groups -OCH3 is 1. The average molecular weight is 467 g/mol. The number of rotatable bonds is 6. The molecular formula is C25H26FN3O5. The van der Waals surface area contributed by atoms with Gasteiger partial charge >= 0.3 is 0 Å². The van der Waals surface area contributed by atoms with Crippen LogP contribution in [0.4, 0.5) is 4.39 Å². The van der Waals surface area contributed by atoms with Crippen molar-refractivity contribution in [2.24, 2.45) is 5.92 Å². The Balaban J connectivity index is 1.52. The molecule has 178 valence electrons. The van der Waals surface area contributed by atoms with E-state index in [2.05, 4.69) is 5.16 Å². The van der Waals surface area contributed by atoms with Gasteiger partial charge in [-0.3, -0.25) is 14.4 Å². The van der Waals surface area contributed by atoms with Gasteiger partial charge in [-0.25, -0.2) is 4.39 Å². The summed E-state index contributed by atoms with van der Waals surface area (Å²) in [6.45, 7) is 1.14. The summed E-state index contributed by atoms with van der Waals surface area (Å²) in [5.74, 6) is -1.31. The molecule has 0 aliphatic carbocycles. The lowest BCUT2D eigenvalue weighted by Gasteiger charge is -2.32. The zero-order chi connectivity index (χ0) is 24.4. The molecule has 34 heavy (non-hydrogen) atoms. The van der Waals surface area contributed by atoms with Crippen molar-refractivity contribution < 1.29 is 28.0 Å². The van der Waals surface area contributed by atoms with Crippen LogP contribution in [0.1, 0.15) is 39.3 Å². The summed E-state index contributed by atoms with van der Waals surface area (Å²) < 4.78 is 23.8. The summed E-state index contributed by atoms with van der Waals surface area (Å²) in [5, 5.41) is 4.05. The second-order valence-electron chi connectivity index (χ2n) is 8.67. The summed E-state index contributed by atoms with van der Waals surface area (Å²) >= 11 is 0. The first kappa shape index (κ1) is 23.4. The number of amides is 2. The molecule has 1 aliphatic heterocycles. The van der Waals surface area contributed by atoms with Gasteiger partial charge in [-0.05, 0) is 48.9 Å². The lowest BCUT2D eigenvalue weighted by atomic mass is 9.90. The number of hydrogen-bond donors (Lipinski definition) is 0. The van der Waals surface area contributed by atoms with E-state index in [-0.39, 0.29) is 34.0 Å². The van der Waals surface area contributed by atoms with E-state index in [1.807, 2.05) is 0 Å². The fourth-order valence-corrected chi connectivity index (χ4v) is 4.23. The fraction of sp³-hybridized carbons (Fsp3) is 0.360. The number of hydrogen-bond acceptors (Lipinski definition) is 6. The Kier molecular flexibility index (Phi) is 6.63. The van der Waals surface area contributed by atoms with Crippen LogP contribution in [0.5, 0.6) is 5.75 Å². The predicted octanol–water partition coefficient (Wildman–Crippen LogP) is 3.34. The van der Waals surface area contributed by atoms with Crippen LogP contribution in [0.15, 0.2) is 40.9 Å². The second kappa shape index (κ2) is 9.62. The van der Waals surface area contributed by atoms with Crippen molar-refractivity contribution in [3.63, 3.8) is 0 Å². The number of halogens is 1. The van der Waals surface area contributed by atoms with Crippen LogP contribution < -0.4 is 4.74 Å². The first-order valence-electron chi connectivity index (χ1n) is 11.1. The summed E-state index contributed by atoms with van der Waals surface area (Å²) in [7, 11) is 4.39. The molecule has 0 radical (unpaired) electrons. The van der Waals surface area contributed by atoms with Crippen molar-refractivity contribution in [3.05, 3.63) is 59.0 Å². The van der Waals surface area contributed by atoms with Crippen LogP contribution in [-0.4, -0.2) is 66.8 Å². The van der Waals surface area contributed by atoms with Gasteiger partial charge in [0.05, 0.1) is 18.1 Å². The number of carbonyl (C=O) groups excluding carboxylic acids is 3. The van der Waals surface area contributed by atoms with Crippen molar-refractivity contribution in [1.29, 1.82) is 0 Å². The number of carbonyl (C=O) groups is 3. The topological polar surface area (TPSA) is 93.0 Å². The number of nitrogens with zero attached hydrogens (tertiary/aromatic N) is 3. The van der Waals surface area contributed by atoms with E-state index < -0.39 is 11.7 Å². The number of ether oxygens (including phenoxy) is 1. The van der Waals surface area contributed by atoms with Gasteiger partial charge in [0, 0.05) is 33.3 Å². The number of benzene rings is 2. The van der Waals surface area contributed by atoms with Gasteiger partial charge < -0.3 is 19.1 Å². The summed E-state index contributed by atoms with van der Waals surface area (Å²) in [6, 6.07) is 9.54. The van der Waals surface area contributed by atoms with Crippen molar-refractivity contribution in [1.82, 2.24) is 15.0 Å². The molecule has 2 aromatic carbocycles. The molecule has 1 saturated heterocycles. The molecule has 0 N–H and O–H groups in total. The number of piperidine rings is 1. The third-order valence-electron chi connectivity index (χ3n) is 6.18. The summed E-state index contributed by atoms with van der Waals surface area (Å²) in [4.78, 5) is 41.0. The third-order valence-corrected chi connectivity index (χ3v) is 6.18. The zero-order valence-corrected chi connectivity index (χ0v) is 19.3. The average Bonchev–Trinajstić information content (AvgIpc) is 3.26. The molecule has 0 bridgehead atoms. The first-order valence-corrected chi connectivity index (χ1v) is 11.1. The third kappa shape index (κ3) is 4.64. The van der Waals surface area contributed by atoms with E-state index in [9.17, 15) is 18.8 Å². The number of fused-ring (bicyclic) bond motifs is 1. The molecule has 9 heteroatoms. The Morgan fingerprint density at radius 3 is 2.44 bits per heavy atom. The lowest BCUT2D eigenvalue weighted by molar-refractivity contribution is -0.124. The quantitative estimate of drug-likeness (QED) is 0.408. The number of ketones is 1. The van der Waals surface area contributed by atoms with Crippen LogP contribution in [0, 0.1) is 11.7 Å². The van der Waals surface area contributed by atoms with E-state index in [4.69, 9.17) is 9.26 Å². The van der Waals surface area contributed by atoms with E-state index in [0.717, 1.165) is 29.7 Å². The van der Waals surface area contributed by atoms with E-state index in [1.54, 1.807) is 17.0 Å². The monoisotopic (exact) mass is 467 g/mol. The highest BCUT2D eigenvalue weighted by Crippen LogP contribution is 2.31. The Hall–Kier alpha value is -3.75. The lowest BCUT2D eigenvalue weighted by Crippen LogP contribution is -2.39. The molecule has 2 amide bonds. The van der Waals surface area contributed by atoms with E-state index >= 15 is 0 Å². The smallest absolute Gasteiger partial charge is 0.296 e. The molecule has 1 aromatic heterocycles. The molecule has 0 unspecified atom stereocenters. The maximum atomic E-state index is 13.4. The van der Waals surface area contributed by atoms with Gasteiger partial charge in [0.25, 0.3) is 17.6 Å². The van der Waals surface area contributed by atoms with Gasteiger partial charge in [0.2, 0.25) is 0 Å². The zero-order valence-electron chi connectivity index (χ0n) is 19.3. The molecule has 2 heterocycles. The molecule has 0 saturated carbocycles. The molecule has 1 aliphatic rings. The van der Waals surface area contributed by atoms with Crippen molar-refractivity contribution in [2.45, 2.75) is 19.3 Å². The Labute approximate surface area is 196 Å². The van der Waals surface area contributed by atoms with Crippen LogP contribution in [-0.2, 0) is 11.2 Å². The van der Waals surface area contributed by atoms with Gasteiger partial charge in [-0.15, -0.1) is 0 Å².